The molecule has 0 atom stereocenters. The second-order valence-corrected chi connectivity index (χ2v) is 7.22. The van der Waals surface area contributed by atoms with Gasteiger partial charge in [0.1, 0.15) is 0 Å². The Morgan fingerprint density at radius 1 is 1.19 bits per heavy atom. The highest BCUT2D eigenvalue weighted by molar-refractivity contribution is 6.37. The Labute approximate surface area is 179 Å². The van der Waals surface area contributed by atoms with Crippen LogP contribution in [0, 0.1) is 12.3 Å². The van der Waals surface area contributed by atoms with E-state index in [0.29, 0.717) is 23.5 Å². The molecule has 0 saturated carbocycles. The van der Waals surface area contributed by atoms with Gasteiger partial charge in [-0.1, -0.05) is 18.2 Å². The summed E-state index contributed by atoms with van der Waals surface area (Å²) in [5.74, 6) is 0.302. The summed E-state index contributed by atoms with van der Waals surface area (Å²) in [6.07, 6.45) is 5.70. The van der Waals surface area contributed by atoms with Crippen molar-refractivity contribution in [2.75, 3.05) is 7.05 Å². The Kier molecular flexibility index (Phi) is 5.66. The molecule has 0 unspecified atom stereocenters. The van der Waals surface area contributed by atoms with E-state index in [0.717, 1.165) is 27.7 Å². The van der Waals surface area contributed by atoms with Crippen molar-refractivity contribution in [3.05, 3.63) is 88.9 Å². The minimum Gasteiger partial charge on any atom is -0.355 e. The fourth-order valence-corrected chi connectivity index (χ4v) is 3.38. The van der Waals surface area contributed by atoms with Gasteiger partial charge in [-0.05, 0) is 48.4 Å². The van der Waals surface area contributed by atoms with Crippen LogP contribution in [-0.4, -0.2) is 39.8 Å². The SMILES string of the molecule is CNC(=O)c1ccc(C(=N)/C=N\c2ncc(Cc3ccc4ncccc4c3)[nH]2)cc1C. The monoisotopic (exact) mass is 410 g/mol. The summed E-state index contributed by atoms with van der Waals surface area (Å²) < 4.78 is 0. The lowest BCUT2D eigenvalue weighted by Crippen LogP contribution is -2.19. The fourth-order valence-electron chi connectivity index (χ4n) is 3.38. The van der Waals surface area contributed by atoms with E-state index < -0.39 is 0 Å². The van der Waals surface area contributed by atoms with Crippen LogP contribution in [0.15, 0.2) is 65.9 Å². The van der Waals surface area contributed by atoms with Gasteiger partial charge in [0.15, 0.2) is 0 Å². The zero-order valence-corrected chi connectivity index (χ0v) is 17.3. The van der Waals surface area contributed by atoms with E-state index in [9.17, 15) is 4.79 Å². The molecule has 0 fully saturated rings. The van der Waals surface area contributed by atoms with Gasteiger partial charge in [0.05, 0.1) is 23.6 Å². The maximum Gasteiger partial charge on any atom is 0.251 e. The Balaban J connectivity index is 1.44. The van der Waals surface area contributed by atoms with E-state index in [1.54, 1.807) is 37.6 Å². The number of aliphatic imine (C=N–C) groups is 1. The Morgan fingerprint density at radius 3 is 2.87 bits per heavy atom. The van der Waals surface area contributed by atoms with Crippen LogP contribution in [0.2, 0.25) is 0 Å². The Hall–Kier alpha value is -4.13. The maximum atomic E-state index is 11.8. The first-order valence-corrected chi connectivity index (χ1v) is 9.87. The molecule has 7 nitrogen and oxygen atoms in total. The van der Waals surface area contributed by atoms with Crippen LogP contribution in [0.1, 0.15) is 32.7 Å². The van der Waals surface area contributed by atoms with Gasteiger partial charge in [0.2, 0.25) is 5.95 Å². The number of carbonyl (C=O) groups excluding carboxylic acids is 1. The van der Waals surface area contributed by atoms with Crippen molar-refractivity contribution in [1.82, 2.24) is 20.3 Å². The quantitative estimate of drug-likeness (QED) is 0.418. The molecule has 0 aliphatic rings. The number of nitrogens with zero attached hydrogens (tertiary/aromatic N) is 3. The number of aryl methyl sites for hydroxylation is 1. The summed E-state index contributed by atoms with van der Waals surface area (Å²) in [4.78, 5) is 27.9. The molecule has 4 aromatic rings. The molecule has 2 aromatic heterocycles. The topological polar surface area (TPSA) is 107 Å². The highest BCUT2D eigenvalue weighted by Gasteiger charge is 2.09. The van der Waals surface area contributed by atoms with Gasteiger partial charge in [0.25, 0.3) is 5.91 Å². The molecule has 0 spiro atoms. The van der Waals surface area contributed by atoms with Gasteiger partial charge in [-0.15, -0.1) is 0 Å². The zero-order chi connectivity index (χ0) is 21.8. The van der Waals surface area contributed by atoms with Crippen LogP contribution >= 0.6 is 0 Å². The number of aromatic nitrogens is 3. The Bertz CT molecular complexity index is 1300. The molecule has 0 radical (unpaired) electrons. The van der Waals surface area contributed by atoms with Crippen LogP contribution in [0.3, 0.4) is 0 Å². The second-order valence-electron chi connectivity index (χ2n) is 7.22. The number of aromatic amines is 1. The van der Waals surface area contributed by atoms with Crippen molar-refractivity contribution in [1.29, 1.82) is 5.41 Å². The van der Waals surface area contributed by atoms with Crippen LogP contribution in [-0.2, 0) is 6.42 Å². The second kappa shape index (κ2) is 8.71. The third kappa shape index (κ3) is 4.56. The predicted octanol–water partition coefficient (Wildman–Crippen LogP) is 3.99. The average Bonchev–Trinajstić information content (AvgIpc) is 3.24. The van der Waals surface area contributed by atoms with E-state index in [1.165, 1.54) is 6.21 Å². The first-order valence-electron chi connectivity index (χ1n) is 9.87. The number of carbonyl (C=O) groups is 1. The lowest BCUT2D eigenvalue weighted by Gasteiger charge is -2.06. The maximum absolute atomic E-state index is 11.8. The largest absolute Gasteiger partial charge is 0.355 e. The summed E-state index contributed by atoms with van der Waals surface area (Å²) in [6, 6.07) is 15.4. The molecule has 4 rings (SSSR count). The molecular formula is C24H22N6O. The smallest absolute Gasteiger partial charge is 0.251 e. The highest BCUT2D eigenvalue weighted by Crippen LogP contribution is 2.17. The number of benzene rings is 2. The summed E-state index contributed by atoms with van der Waals surface area (Å²) in [7, 11) is 1.60. The normalized spacial score (nSPS) is 11.2. The first-order chi connectivity index (χ1) is 15.0. The van der Waals surface area contributed by atoms with Crippen LogP contribution < -0.4 is 5.32 Å². The number of pyridine rings is 1. The van der Waals surface area contributed by atoms with E-state index in [1.807, 2.05) is 25.1 Å². The number of H-pyrrole nitrogens is 1. The molecule has 0 saturated heterocycles. The Morgan fingerprint density at radius 2 is 2.06 bits per heavy atom. The number of imidazole rings is 1. The molecule has 154 valence electrons. The third-order valence-corrected chi connectivity index (χ3v) is 5.00. The zero-order valence-electron chi connectivity index (χ0n) is 17.3. The average molecular weight is 410 g/mol. The number of hydrogen-bond acceptors (Lipinski definition) is 5. The number of nitrogens with one attached hydrogen (secondary N) is 3. The molecule has 0 aliphatic heterocycles. The first kappa shape index (κ1) is 20.2. The summed E-state index contributed by atoms with van der Waals surface area (Å²) in [5.41, 5.74) is 5.39. The number of hydrogen-bond donors (Lipinski definition) is 3. The fraction of sp³-hybridized carbons (Fsp3) is 0.125. The van der Waals surface area contributed by atoms with Gasteiger partial charge in [-0.25, -0.2) is 9.98 Å². The molecule has 7 heteroatoms. The van der Waals surface area contributed by atoms with Gasteiger partial charge in [-0.2, -0.15) is 0 Å². The van der Waals surface area contributed by atoms with E-state index in [4.69, 9.17) is 5.41 Å². The summed E-state index contributed by atoms with van der Waals surface area (Å²) >= 11 is 0. The van der Waals surface area contributed by atoms with Crippen molar-refractivity contribution >= 4 is 34.7 Å². The van der Waals surface area contributed by atoms with Crippen molar-refractivity contribution in [3.63, 3.8) is 0 Å². The molecule has 0 bridgehead atoms. The number of amides is 1. The van der Waals surface area contributed by atoms with E-state index in [2.05, 4.69) is 37.4 Å². The summed E-state index contributed by atoms with van der Waals surface area (Å²) in [6.45, 7) is 1.85. The molecule has 2 heterocycles. The van der Waals surface area contributed by atoms with E-state index in [-0.39, 0.29) is 11.6 Å². The van der Waals surface area contributed by atoms with Crippen LogP contribution in [0.25, 0.3) is 10.9 Å². The molecule has 1 amide bonds. The van der Waals surface area contributed by atoms with E-state index >= 15 is 0 Å². The van der Waals surface area contributed by atoms with Gasteiger partial charge in [0, 0.05) is 41.9 Å². The predicted molar refractivity (Wildman–Crippen MR) is 123 cm³/mol. The van der Waals surface area contributed by atoms with Crippen LogP contribution in [0.4, 0.5) is 5.95 Å². The van der Waals surface area contributed by atoms with Gasteiger partial charge >= 0.3 is 0 Å². The summed E-state index contributed by atoms with van der Waals surface area (Å²) in [5, 5.41) is 12.0. The third-order valence-electron chi connectivity index (χ3n) is 5.00. The van der Waals surface area contributed by atoms with Crippen molar-refractivity contribution < 1.29 is 4.79 Å². The number of fused-ring (bicyclic) bond motifs is 1. The minimum absolute atomic E-state index is 0.143. The van der Waals surface area contributed by atoms with Crippen molar-refractivity contribution in [2.24, 2.45) is 4.99 Å². The molecule has 3 N–H and O–H groups in total. The van der Waals surface area contributed by atoms with Gasteiger partial charge < -0.3 is 10.3 Å². The molecule has 0 aliphatic carbocycles. The highest BCUT2D eigenvalue weighted by atomic mass is 16.1. The molecule has 2 aromatic carbocycles. The number of rotatable bonds is 6. The van der Waals surface area contributed by atoms with Crippen LogP contribution in [0.5, 0.6) is 0 Å². The minimum atomic E-state index is -0.143. The lowest BCUT2D eigenvalue weighted by atomic mass is 10.0. The molecular weight excluding hydrogens is 388 g/mol. The lowest BCUT2D eigenvalue weighted by molar-refractivity contribution is 0.0962. The van der Waals surface area contributed by atoms with Gasteiger partial charge in [-0.3, -0.25) is 15.2 Å². The van der Waals surface area contributed by atoms with Crippen molar-refractivity contribution in [3.8, 4) is 0 Å². The van der Waals surface area contributed by atoms with Crippen molar-refractivity contribution in [2.45, 2.75) is 13.3 Å². The molecule has 31 heavy (non-hydrogen) atoms. The standard InChI is InChI=1S/C24H22N6O/c1-15-10-17(6-7-20(15)23(31)26-2)21(25)14-29-24-28-13-19(30-24)12-16-5-8-22-18(11-16)4-3-9-27-22/h3-11,13-14,25H,12H2,1-2H3,(H,26,31)(H,28,30)/b25-21?,29-14-.